The van der Waals surface area contributed by atoms with E-state index in [9.17, 15) is 13.5 Å². The van der Waals surface area contributed by atoms with Crippen LogP contribution >= 0.6 is 23.1 Å². The highest BCUT2D eigenvalue weighted by atomic mass is 32.2. The van der Waals surface area contributed by atoms with Gasteiger partial charge in [0.25, 0.3) is 0 Å². The molecular weight excluding hydrogens is 340 g/mol. The number of aryl methyl sites for hydroxylation is 3. The molecule has 1 fully saturated rings. The molecule has 5 nitrogen and oxygen atoms in total. The Hall–Kier alpha value is -0.700. The monoisotopic (exact) mass is 356 g/mol. The van der Waals surface area contributed by atoms with E-state index in [4.69, 9.17) is 0 Å². The van der Waals surface area contributed by atoms with E-state index < -0.39 is 15.9 Å². The van der Waals surface area contributed by atoms with Crippen LogP contribution < -0.4 is 0 Å². The molecule has 2 atom stereocenters. The smallest absolute Gasteiger partial charge is 0.154 e. The molecule has 0 amide bonds. The Morgan fingerprint density at radius 1 is 1.27 bits per heavy atom. The SMILES string of the molecule is Cc1nc(S[C@H]2CS(=O)(=O)C[C@@H]2O)c2c3c(sc2n1)CCC3. The van der Waals surface area contributed by atoms with Crippen molar-refractivity contribution in [1.29, 1.82) is 0 Å². The Balaban J connectivity index is 1.78. The lowest BCUT2D eigenvalue weighted by Crippen LogP contribution is -2.20. The van der Waals surface area contributed by atoms with Crippen molar-refractivity contribution in [3.63, 3.8) is 0 Å². The Bertz CT molecular complexity index is 860. The van der Waals surface area contributed by atoms with Crippen molar-refractivity contribution in [1.82, 2.24) is 9.97 Å². The number of aliphatic hydroxyl groups is 1. The molecule has 4 rings (SSSR count). The summed E-state index contributed by atoms with van der Waals surface area (Å²) in [7, 11) is -3.14. The average molecular weight is 356 g/mol. The van der Waals surface area contributed by atoms with Crippen LogP contribution in [-0.2, 0) is 22.7 Å². The second-order valence-corrected chi connectivity index (χ2v) is 10.4. The van der Waals surface area contributed by atoms with Gasteiger partial charge in [0.15, 0.2) is 9.84 Å². The largest absolute Gasteiger partial charge is 0.391 e. The molecule has 0 saturated carbocycles. The van der Waals surface area contributed by atoms with Gasteiger partial charge in [-0.25, -0.2) is 18.4 Å². The third-order valence-electron chi connectivity index (χ3n) is 4.18. The molecular formula is C14H16N2O3S3. The third kappa shape index (κ3) is 2.46. The molecule has 2 aromatic heterocycles. The van der Waals surface area contributed by atoms with E-state index in [1.165, 1.54) is 22.2 Å². The second-order valence-electron chi connectivity index (χ2n) is 5.91. The Morgan fingerprint density at radius 2 is 2.09 bits per heavy atom. The number of sulfone groups is 1. The molecule has 8 heteroatoms. The molecule has 2 aliphatic rings. The normalized spacial score (nSPS) is 26.6. The highest BCUT2D eigenvalue weighted by Gasteiger charge is 2.38. The van der Waals surface area contributed by atoms with E-state index in [0.717, 1.165) is 34.5 Å². The van der Waals surface area contributed by atoms with E-state index >= 15 is 0 Å². The lowest BCUT2D eigenvalue weighted by Gasteiger charge is -2.13. The van der Waals surface area contributed by atoms with Crippen molar-refractivity contribution in [3.8, 4) is 0 Å². The standard InChI is InChI=1S/C14H16N2O3S3/c1-7-15-13-12(8-3-2-4-10(8)20-13)14(16-7)21-11-6-22(18,19)5-9(11)17/h9,11,17H,2-6H2,1H3/t9-,11-/m0/s1. The van der Waals surface area contributed by atoms with Crippen LogP contribution in [0.25, 0.3) is 10.2 Å². The summed E-state index contributed by atoms with van der Waals surface area (Å²) in [6.07, 6.45) is 2.49. The van der Waals surface area contributed by atoms with Crippen molar-refractivity contribution in [2.45, 2.75) is 42.6 Å². The van der Waals surface area contributed by atoms with E-state index in [2.05, 4.69) is 9.97 Å². The third-order valence-corrected chi connectivity index (χ3v) is 8.59. The molecule has 0 bridgehead atoms. The summed E-state index contributed by atoms with van der Waals surface area (Å²) in [6, 6.07) is 0. The zero-order valence-electron chi connectivity index (χ0n) is 12.1. The van der Waals surface area contributed by atoms with Gasteiger partial charge in [0.05, 0.1) is 22.9 Å². The molecule has 1 aliphatic heterocycles. The summed E-state index contributed by atoms with van der Waals surface area (Å²) in [5.74, 6) is 0.584. The lowest BCUT2D eigenvalue weighted by atomic mass is 10.2. The van der Waals surface area contributed by atoms with E-state index in [-0.39, 0.29) is 16.8 Å². The molecule has 0 unspecified atom stereocenters. The number of thioether (sulfide) groups is 1. The summed E-state index contributed by atoms with van der Waals surface area (Å²) in [6.45, 7) is 1.86. The molecule has 0 aromatic carbocycles. The van der Waals surface area contributed by atoms with Gasteiger partial charge in [-0.3, -0.25) is 0 Å². The summed E-state index contributed by atoms with van der Waals surface area (Å²) in [5.41, 5.74) is 1.33. The first kappa shape index (κ1) is 14.9. The van der Waals surface area contributed by atoms with Crippen LogP contribution in [0.3, 0.4) is 0 Å². The van der Waals surface area contributed by atoms with Crippen LogP contribution in [0, 0.1) is 6.92 Å². The predicted octanol–water partition coefficient (Wildman–Crippen LogP) is 1.74. The van der Waals surface area contributed by atoms with Gasteiger partial charge in [-0.2, -0.15) is 0 Å². The zero-order chi connectivity index (χ0) is 15.5. The molecule has 3 heterocycles. The fraction of sp³-hybridized carbons (Fsp3) is 0.571. The van der Waals surface area contributed by atoms with Gasteiger partial charge in [-0.05, 0) is 31.7 Å². The fourth-order valence-electron chi connectivity index (χ4n) is 3.20. The number of fused-ring (bicyclic) bond motifs is 3. The summed E-state index contributed by atoms with van der Waals surface area (Å²) in [5, 5.41) is 11.6. The zero-order valence-corrected chi connectivity index (χ0v) is 14.5. The molecule has 1 N–H and O–H groups in total. The van der Waals surface area contributed by atoms with Crippen molar-refractivity contribution >= 4 is 43.2 Å². The minimum atomic E-state index is -3.14. The molecule has 0 radical (unpaired) electrons. The molecule has 0 spiro atoms. The Labute approximate surface area is 137 Å². The second kappa shape index (κ2) is 5.15. The van der Waals surface area contributed by atoms with E-state index in [1.54, 1.807) is 11.3 Å². The Kier molecular flexibility index (Phi) is 3.48. The number of rotatable bonds is 2. The van der Waals surface area contributed by atoms with Gasteiger partial charge in [0.1, 0.15) is 15.7 Å². The molecule has 22 heavy (non-hydrogen) atoms. The van der Waals surface area contributed by atoms with Gasteiger partial charge in [-0.15, -0.1) is 11.3 Å². The number of hydrogen-bond acceptors (Lipinski definition) is 7. The van der Waals surface area contributed by atoms with Crippen LogP contribution in [0.2, 0.25) is 0 Å². The number of thiophene rings is 1. The number of aromatic nitrogens is 2. The first-order chi connectivity index (χ1) is 10.4. The minimum Gasteiger partial charge on any atom is -0.391 e. The quantitative estimate of drug-likeness (QED) is 0.826. The highest BCUT2D eigenvalue weighted by Crippen LogP contribution is 2.42. The fourth-order valence-corrected chi connectivity index (χ4v) is 8.26. The maximum Gasteiger partial charge on any atom is 0.154 e. The van der Waals surface area contributed by atoms with Gasteiger partial charge in [0, 0.05) is 10.3 Å². The summed E-state index contributed by atoms with van der Waals surface area (Å²) >= 11 is 3.13. The average Bonchev–Trinajstić information content (AvgIpc) is 3.02. The maximum atomic E-state index is 11.7. The maximum absolute atomic E-state index is 11.7. The van der Waals surface area contributed by atoms with Crippen molar-refractivity contribution < 1.29 is 13.5 Å². The first-order valence-electron chi connectivity index (χ1n) is 7.27. The molecule has 118 valence electrons. The Morgan fingerprint density at radius 3 is 2.82 bits per heavy atom. The molecule has 1 aliphatic carbocycles. The van der Waals surface area contributed by atoms with Crippen LogP contribution in [0.4, 0.5) is 0 Å². The summed E-state index contributed by atoms with van der Waals surface area (Å²) < 4.78 is 23.4. The van der Waals surface area contributed by atoms with Crippen LogP contribution in [0.15, 0.2) is 5.03 Å². The van der Waals surface area contributed by atoms with Gasteiger partial charge in [0.2, 0.25) is 0 Å². The van der Waals surface area contributed by atoms with Gasteiger partial charge < -0.3 is 5.11 Å². The topological polar surface area (TPSA) is 80.2 Å². The van der Waals surface area contributed by atoms with Crippen LogP contribution in [0.5, 0.6) is 0 Å². The van der Waals surface area contributed by atoms with Crippen molar-refractivity contribution in [2.75, 3.05) is 11.5 Å². The first-order valence-corrected chi connectivity index (χ1v) is 10.8. The van der Waals surface area contributed by atoms with Gasteiger partial charge in [-0.1, -0.05) is 11.8 Å². The number of nitrogens with zero attached hydrogens (tertiary/aromatic N) is 2. The van der Waals surface area contributed by atoms with Crippen LogP contribution in [0.1, 0.15) is 22.7 Å². The number of aliphatic hydroxyl groups excluding tert-OH is 1. The van der Waals surface area contributed by atoms with E-state index in [0.29, 0.717) is 5.82 Å². The molecule has 2 aromatic rings. The van der Waals surface area contributed by atoms with Crippen molar-refractivity contribution in [2.24, 2.45) is 0 Å². The predicted molar refractivity (Wildman–Crippen MR) is 88.5 cm³/mol. The summed E-state index contributed by atoms with van der Waals surface area (Å²) in [4.78, 5) is 11.5. The van der Waals surface area contributed by atoms with Gasteiger partial charge >= 0.3 is 0 Å². The molecule has 1 saturated heterocycles. The van der Waals surface area contributed by atoms with Crippen molar-refractivity contribution in [3.05, 3.63) is 16.3 Å². The highest BCUT2D eigenvalue weighted by molar-refractivity contribution is 8.02. The number of hydrogen-bond donors (Lipinski definition) is 1. The lowest BCUT2D eigenvalue weighted by molar-refractivity contribution is 0.207. The van der Waals surface area contributed by atoms with E-state index in [1.807, 2.05) is 6.92 Å². The van der Waals surface area contributed by atoms with Crippen LogP contribution in [-0.4, -0.2) is 46.4 Å². The minimum absolute atomic E-state index is 0.0235.